The first-order valence-electron chi connectivity index (χ1n) is 11.0. The summed E-state index contributed by atoms with van der Waals surface area (Å²) in [6, 6.07) is 17.7. The number of carboxylic acid groups (broad SMARTS) is 1. The summed E-state index contributed by atoms with van der Waals surface area (Å²) in [5, 5.41) is 14.6. The van der Waals surface area contributed by atoms with Crippen molar-refractivity contribution >= 4 is 40.2 Å². The summed E-state index contributed by atoms with van der Waals surface area (Å²) < 4.78 is 24.2. The molecule has 9 heteroatoms. The highest BCUT2D eigenvalue weighted by atomic mass is 35.5. The van der Waals surface area contributed by atoms with Crippen LogP contribution in [0.25, 0.3) is 16.6 Å². The Morgan fingerprint density at radius 2 is 1.94 bits per heavy atom. The van der Waals surface area contributed by atoms with Crippen LogP contribution in [-0.2, 0) is 6.54 Å². The molecule has 0 saturated heterocycles. The van der Waals surface area contributed by atoms with Gasteiger partial charge in [-0.1, -0.05) is 41.6 Å². The molecule has 0 atom stereocenters. The second-order valence-electron chi connectivity index (χ2n) is 8.19. The molecule has 0 saturated carbocycles. The molecule has 0 fully saturated rings. The summed E-state index contributed by atoms with van der Waals surface area (Å²) in [4.78, 5) is 13.0. The number of aromatic nitrogens is 3. The van der Waals surface area contributed by atoms with E-state index < -0.39 is 11.8 Å². The van der Waals surface area contributed by atoms with Gasteiger partial charge in [-0.25, -0.2) is 9.18 Å². The zero-order chi connectivity index (χ0) is 25.4. The minimum absolute atomic E-state index is 0.0244. The summed E-state index contributed by atoms with van der Waals surface area (Å²) in [6.45, 7) is 2.44. The first kappa shape index (κ1) is 24.0. The number of hydrogen-bond acceptors (Lipinski definition) is 4. The lowest BCUT2D eigenvalue weighted by Crippen LogP contribution is -2.01. The number of fused-ring (bicyclic) bond motifs is 1. The number of rotatable bonds is 7. The van der Waals surface area contributed by atoms with Gasteiger partial charge < -0.3 is 14.4 Å². The van der Waals surface area contributed by atoms with Gasteiger partial charge in [0.15, 0.2) is 5.82 Å². The van der Waals surface area contributed by atoms with Crippen LogP contribution >= 0.6 is 23.4 Å². The van der Waals surface area contributed by atoms with E-state index in [-0.39, 0.29) is 10.6 Å². The van der Waals surface area contributed by atoms with Crippen LogP contribution in [0.1, 0.15) is 21.6 Å². The number of nitrogens with zero attached hydrogens (tertiary/aromatic N) is 3. The summed E-state index contributed by atoms with van der Waals surface area (Å²) >= 11 is 7.56. The number of halogens is 2. The van der Waals surface area contributed by atoms with Crippen molar-refractivity contribution in [3.8, 4) is 11.4 Å². The number of ether oxygens (including phenoxy) is 1. The first-order valence-corrected chi connectivity index (χ1v) is 12.2. The van der Waals surface area contributed by atoms with Crippen molar-refractivity contribution in [1.29, 1.82) is 0 Å². The van der Waals surface area contributed by atoms with Crippen molar-refractivity contribution in [1.82, 2.24) is 14.3 Å². The molecule has 3 aromatic carbocycles. The zero-order valence-electron chi connectivity index (χ0n) is 19.4. The fraction of sp³-hybridized carbons (Fsp3) is 0.111. The molecule has 182 valence electrons. The molecule has 1 N–H and O–H groups in total. The SMILES string of the molecule is COc1ccc(Cn2cc(-n3c(C)c(Sc4cccc(C(=O)O)c4)c4ccc(Cl)c(F)c43)cn2)cc1. The van der Waals surface area contributed by atoms with Crippen LogP contribution in [0.2, 0.25) is 5.02 Å². The fourth-order valence-corrected chi connectivity index (χ4v) is 5.37. The minimum atomic E-state index is -1.00. The van der Waals surface area contributed by atoms with E-state index >= 15 is 4.39 Å². The van der Waals surface area contributed by atoms with E-state index in [2.05, 4.69) is 5.10 Å². The molecule has 0 aliphatic carbocycles. The number of benzene rings is 3. The lowest BCUT2D eigenvalue weighted by atomic mass is 10.2. The predicted molar refractivity (Wildman–Crippen MR) is 138 cm³/mol. The van der Waals surface area contributed by atoms with Gasteiger partial charge in [0.05, 0.1) is 41.6 Å². The molecular formula is C27H21ClFN3O3S. The van der Waals surface area contributed by atoms with Crippen LogP contribution in [0.15, 0.2) is 82.8 Å². The van der Waals surface area contributed by atoms with Crippen LogP contribution in [-0.4, -0.2) is 32.5 Å². The number of hydrogen-bond donors (Lipinski definition) is 1. The van der Waals surface area contributed by atoms with Crippen molar-refractivity contribution in [2.45, 2.75) is 23.3 Å². The van der Waals surface area contributed by atoms with Gasteiger partial charge in [-0.05, 0) is 55.0 Å². The van der Waals surface area contributed by atoms with Crippen molar-refractivity contribution in [2.75, 3.05) is 7.11 Å². The normalized spacial score (nSPS) is 11.2. The number of methoxy groups -OCH3 is 1. The Balaban J connectivity index is 1.57. The maximum atomic E-state index is 15.4. The van der Waals surface area contributed by atoms with E-state index in [0.29, 0.717) is 23.1 Å². The molecule has 36 heavy (non-hydrogen) atoms. The summed E-state index contributed by atoms with van der Waals surface area (Å²) in [5.41, 5.74) is 3.07. The molecule has 0 radical (unpaired) electrons. The molecule has 5 rings (SSSR count). The van der Waals surface area contributed by atoms with Gasteiger partial charge in [0.1, 0.15) is 5.75 Å². The largest absolute Gasteiger partial charge is 0.497 e. The van der Waals surface area contributed by atoms with Gasteiger partial charge in [0.2, 0.25) is 0 Å². The summed E-state index contributed by atoms with van der Waals surface area (Å²) in [7, 11) is 1.62. The zero-order valence-corrected chi connectivity index (χ0v) is 21.0. The Morgan fingerprint density at radius 1 is 1.17 bits per heavy atom. The molecule has 2 aromatic heterocycles. The van der Waals surface area contributed by atoms with Crippen molar-refractivity contribution in [3.05, 3.63) is 101 Å². The quantitative estimate of drug-likeness (QED) is 0.254. The molecule has 0 aliphatic rings. The summed E-state index contributed by atoms with van der Waals surface area (Å²) in [6.07, 6.45) is 3.55. The smallest absolute Gasteiger partial charge is 0.335 e. The Kier molecular flexibility index (Phi) is 6.47. The molecule has 6 nitrogen and oxygen atoms in total. The molecule has 2 heterocycles. The maximum absolute atomic E-state index is 15.4. The Bertz CT molecular complexity index is 1590. The third-order valence-electron chi connectivity index (χ3n) is 5.88. The van der Waals surface area contributed by atoms with Gasteiger partial charge in [0.25, 0.3) is 0 Å². The van der Waals surface area contributed by atoms with E-state index in [1.807, 2.05) is 43.5 Å². The molecule has 5 aromatic rings. The van der Waals surface area contributed by atoms with Crippen molar-refractivity contribution < 1.29 is 19.0 Å². The average Bonchev–Trinajstić information content (AvgIpc) is 3.44. The van der Waals surface area contributed by atoms with Gasteiger partial charge in [-0.15, -0.1) is 0 Å². The molecular weight excluding hydrogens is 501 g/mol. The summed E-state index contributed by atoms with van der Waals surface area (Å²) in [5.74, 6) is -0.745. The molecule has 0 unspecified atom stereocenters. The van der Waals surface area contributed by atoms with Crippen LogP contribution in [0.4, 0.5) is 4.39 Å². The molecule has 0 spiro atoms. The first-order chi connectivity index (χ1) is 17.4. The Morgan fingerprint density at radius 3 is 2.67 bits per heavy atom. The lowest BCUT2D eigenvalue weighted by Gasteiger charge is -2.07. The highest BCUT2D eigenvalue weighted by molar-refractivity contribution is 7.99. The van der Waals surface area contributed by atoms with Gasteiger partial charge in [0, 0.05) is 27.1 Å². The molecule has 0 amide bonds. The van der Waals surface area contributed by atoms with Crippen LogP contribution in [0.3, 0.4) is 0 Å². The average molecular weight is 522 g/mol. The maximum Gasteiger partial charge on any atom is 0.335 e. The molecule has 0 aliphatic heterocycles. The van der Waals surface area contributed by atoms with Crippen LogP contribution in [0, 0.1) is 12.7 Å². The van der Waals surface area contributed by atoms with Gasteiger partial charge in [-0.2, -0.15) is 5.10 Å². The Labute approximate surface area is 215 Å². The second-order valence-corrected chi connectivity index (χ2v) is 9.68. The third-order valence-corrected chi connectivity index (χ3v) is 7.38. The van der Waals surface area contributed by atoms with E-state index in [4.69, 9.17) is 16.3 Å². The van der Waals surface area contributed by atoms with Gasteiger partial charge >= 0.3 is 5.97 Å². The third kappa shape index (κ3) is 4.45. The predicted octanol–water partition coefficient (Wildman–Crippen LogP) is 6.83. The highest BCUT2D eigenvalue weighted by Gasteiger charge is 2.22. The minimum Gasteiger partial charge on any atom is -0.497 e. The standard InChI is InChI=1S/C27H21ClFN3O3S/c1-16-26(36-21-5-3-4-18(12-21)27(33)34)22-10-11-23(28)24(29)25(22)32(16)19-13-30-31(15-19)14-17-6-8-20(35-2)9-7-17/h3-13,15H,14H2,1-2H3,(H,33,34). The number of carbonyl (C=O) groups is 1. The van der Waals surface area contributed by atoms with E-state index in [0.717, 1.165) is 26.8 Å². The molecule has 0 bridgehead atoms. The van der Waals surface area contributed by atoms with Crippen molar-refractivity contribution in [3.63, 3.8) is 0 Å². The van der Waals surface area contributed by atoms with Crippen LogP contribution < -0.4 is 4.74 Å². The second kappa shape index (κ2) is 9.72. The Hall–Kier alpha value is -3.75. The number of aromatic carboxylic acids is 1. The monoisotopic (exact) mass is 521 g/mol. The van der Waals surface area contributed by atoms with E-state index in [9.17, 15) is 9.90 Å². The van der Waals surface area contributed by atoms with Crippen LogP contribution in [0.5, 0.6) is 5.75 Å². The topological polar surface area (TPSA) is 69.3 Å². The van der Waals surface area contributed by atoms with Crippen molar-refractivity contribution in [2.24, 2.45) is 0 Å². The highest BCUT2D eigenvalue weighted by Crippen LogP contribution is 2.42. The number of carboxylic acids is 1. The van der Waals surface area contributed by atoms with E-state index in [1.54, 1.807) is 46.8 Å². The lowest BCUT2D eigenvalue weighted by molar-refractivity contribution is 0.0696. The van der Waals surface area contributed by atoms with Gasteiger partial charge in [-0.3, -0.25) is 4.68 Å². The van der Waals surface area contributed by atoms with E-state index in [1.165, 1.54) is 17.8 Å². The fourth-order valence-electron chi connectivity index (χ4n) is 4.14.